The van der Waals surface area contributed by atoms with Gasteiger partial charge in [0.2, 0.25) is 5.88 Å². The zero-order valence-electron chi connectivity index (χ0n) is 10.6. The molecular weight excluding hydrogens is 270 g/mol. The van der Waals surface area contributed by atoms with E-state index in [0.717, 1.165) is 28.7 Å². The topological polar surface area (TPSA) is 51.5 Å². The number of carbonyl (C=O) groups is 1. The van der Waals surface area contributed by atoms with Crippen LogP contribution in [0.2, 0.25) is 0 Å². The van der Waals surface area contributed by atoms with Gasteiger partial charge in [-0.05, 0) is 18.6 Å². The molecule has 0 amide bonds. The van der Waals surface area contributed by atoms with Crippen molar-refractivity contribution in [2.24, 2.45) is 0 Å². The molecule has 1 aromatic heterocycles. The molecule has 0 aliphatic carbocycles. The molecule has 0 fully saturated rings. The summed E-state index contributed by atoms with van der Waals surface area (Å²) >= 11 is 6.06. The van der Waals surface area contributed by atoms with E-state index in [1.807, 2.05) is 0 Å². The zero-order chi connectivity index (χ0) is 13.4. The van der Waals surface area contributed by atoms with Gasteiger partial charge in [-0.25, -0.2) is 4.79 Å². The normalized spacial score (nSPS) is 10.5. The largest absolute Gasteiger partial charge is 0.493 e. The minimum absolute atomic E-state index is 0.155. The number of hydrogen-bond acceptors (Lipinski definition) is 5. The Morgan fingerprint density at radius 1 is 1.39 bits per heavy atom. The molecule has 0 bridgehead atoms. The number of aromatic nitrogens is 1. The summed E-state index contributed by atoms with van der Waals surface area (Å²) in [5.74, 6) is -0.155. The van der Waals surface area contributed by atoms with Crippen molar-refractivity contribution >= 4 is 29.6 Å². The van der Waals surface area contributed by atoms with Gasteiger partial charge in [0.15, 0.2) is 3.95 Å². The highest BCUT2D eigenvalue weighted by Crippen LogP contribution is 2.17. The molecule has 0 radical (unpaired) electrons. The van der Waals surface area contributed by atoms with Crippen LogP contribution in [-0.2, 0) is 4.74 Å². The number of rotatable bonds is 7. The van der Waals surface area contributed by atoms with Crippen molar-refractivity contribution in [1.82, 2.24) is 4.57 Å². The summed E-state index contributed by atoms with van der Waals surface area (Å²) in [6.07, 6.45) is 6.23. The summed E-state index contributed by atoms with van der Waals surface area (Å²) in [7, 11) is 0. The van der Waals surface area contributed by atoms with Crippen LogP contribution < -0.4 is 0 Å². The summed E-state index contributed by atoms with van der Waals surface area (Å²) in [4.78, 5) is 11.6. The minimum Gasteiger partial charge on any atom is -0.493 e. The van der Waals surface area contributed by atoms with E-state index in [4.69, 9.17) is 17.0 Å². The van der Waals surface area contributed by atoms with E-state index in [2.05, 4.69) is 6.92 Å². The average Bonchev–Trinajstić information content (AvgIpc) is 2.68. The molecule has 0 spiro atoms. The van der Waals surface area contributed by atoms with Gasteiger partial charge >= 0.3 is 6.09 Å². The Kier molecular flexibility index (Phi) is 6.97. The second-order valence-electron chi connectivity index (χ2n) is 4.08. The van der Waals surface area contributed by atoms with E-state index in [-0.39, 0.29) is 5.88 Å². The van der Waals surface area contributed by atoms with E-state index in [0.29, 0.717) is 10.6 Å². The summed E-state index contributed by atoms with van der Waals surface area (Å²) < 4.78 is 6.38. The first kappa shape index (κ1) is 15.2. The van der Waals surface area contributed by atoms with Gasteiger partial charge < -0.3 is 9.84 Å². The first-order valence-electron chi connectivity index (χ1n) is 6.23. The van der Waals surface area contributed by atoms with Gasteiger partial charge in [-0.2, -0.15) is 4.57 Å². The Balaban J connectivity index is 2.20. The highest BCUT2D eigenvalue weighted by atomic mass is 32.1. The lowest BCUT2D eigenvalue weighted by molar-refractivity contribution is 0.143. The maximum absolute atomic E-state index is 11.6. The minimum atomic E-state index is -0.590. The van der Waals surface area contributed by atoms with Gasteiger partial charge in [0.1, 0.15) is 0 Å². The molecule has 0 atom stereocenters. The Morgan fingerprint density at radius 3 is 2.67 bits per heavy atom. The van der Waals surface area contributed by atoms with Gasteiger partial charge in [-0.1, -0.05) is 39.0 Å². The van der Waals surface area contributed by atoms with Gasteiger partial charge in [-0.15, -0.1) is 11.3 Å². The van der Waals surface area contributed by atoms with Crippen molar-refractivity contribution in [3.05, 3.63) is 9.33 Å². The fraction of sp³-hybridized carbons (Fsp3) is 0.667. The van der Waals surface area contributed by atoms with E-state index in [1.165, 1.54) is 31.1 Å². The number of aromatic hydroxyl groups is 1. The van der Waals surface area contributed by atoms with Crippen molar-refractivity contribution in [1.29, 1.82) is 0 Å². The Morgan fingerprint density at radius 2 is 2.06 bits per heavy atom. The highest BCUT2D eigenvalue weighted by Gasteiger charge is 2.12. The molecule has 0 saturated carbocycles. The van der Waals surface area contributed by atoms with Crippen LogP contribution in [0.5, 0.6) is 5.88 Å². The highest BCUT2D eigenvalue weighted by molar-refractivity contribution is 7.73. The molecule has 0 saturated heterocycles. The molecule has 0 aromatic carbocycles. The Bertz CT molecular complexity index is 425. The van der Waals surface area contributed by atoms with Crippen molar-refractivity contribution in [3.8, 4) is 5.88 Å². The fourth-order valence-corrected chi connectivity index (χ4v) is 2.47. The molecule has 6 heteroatoms. The first-order chi connectivity index (χ1) is 8.66. The van der Waals surface area contributed by atoms with Crippen molar-refractivity contribution in [2.75, 3.05) is 6.61 Å². The standard InChI is InChI=1S/C12H19NO3S2/c1-2-3-4-5-6-7-8-16-11(15)13-10(14)9-18-12(13)17/h9,14H,2-8H2,1H3. The molecule has 1 rings (SSSR count). The quantitative estimate of drug-likeness (QED) is 0.599. The Labute approximate surface area is 116 Å². The zero-order valence-corrected chi connectivity index (χ0v) is 12.2. The Hall–Kier alpha value is -0.880. The number of hydrogen-bond donors (Lipinski definition) is 1. The third kappa shape index (κ3) is 4.78. The summed E-state index contributed by atoms with van der Waals surface area (Å²) in [5.41, 5.74) is 0. The molecule has 102 valence electrons. The van der Waals surface area contributed by atoms with Gasteiger partial charge in [0, 0.05) is 0 Å². The third-order valence-electron chi connectivity index (χ3n) is 2.58. The van der Waals surface area contributed by atoms with Crippen LogP contribution >= 0.6 is 23.6 Å². The van der Waals surface area contributed by atoms with Gasteiger partial charge in [0.25, 0.3) is 0 Å². The molecule has 0 aliphatic rings. The fourth-order valence-electron chi connectivity index (χ4n) is 1.58. The van der Waals surface area contributed by atoms with Gasteiger partial charge in [-0.3, -0.25) is 0 Å². The molecule has 1 aromatic rings. The third-order valence-corrected chi connectivity index (χ3v) is 3.77. The van der Waals surface area contributed by atoms with Crippen LogP contribution in [0.3, 0.4) is 0 Å². The van der Waals surface area contributed by atoms with Crippen molar-refractivity contribution in [3.63, 3.8) is 0 Å². The molecule has 4 nitrogen and oxygen atoms in total. The molecule has 1 heterocycles. The van der Waals surface area contributed by atoms with Crippen LogP contribution in [0.25, 0.3) is 0 Å². The summed E-state index contributed by atoms with van der Waals surface area (Å²) in [6, 6.07) is 0. The predicted octanol–water partition coefficient (Wildman–Crippen LogP) is 4.33. The van der Waals surface area contributed by atoms with E-state index in [9.17, 15) is 9.90 Å². The lowest BCUT2D eigenvalue weighted by atomic mass is 10.1. The summed E-state index contributed by atoms with van der Waals surface area (Å²) in [5, 5.41) is 10.8. The lowest BCUT2D eigenvalue weighted by Gasteiger charge is -2.05. The maximum atomic E-state index is 11.6. The van der Waals surface area contributed by atoms with E-state index in [1.54, 1.807) is 0 Å². The smallest absolute Gasteiger partial charge is 0.422 e. The first-order valence-corrected chi connectivity index (χ1v) is 7.52. The maximum Gasteiger partial charge on any atom is 0.422 e. The van der Waals surface area contributed by atoms with E-state index < -0.39 is 6.09 Å². The number of carbonyl (C=O) groups excluding carboxylic acids is 1. The molecule has 0 aliphatic heterocycles. The molecule has 18 heavy (non-hydrogen) atoms. The molecular formula is C12H19NO3S2. The number of nitrogens with zero attached hydrogens (tertiary/aromatic N) is 1. The van der Waals surface area contributed by atoms with Crippen molar-refractivity contribution in [2.45, 2.75) is 45.4 Å². The van der Waals surface area contributed by atoms with Crippen LogP contribution in [0.4, 0.5) is 4.79 Å². The summed E-state index contributed by atoms with van der Waals surface area (Å²) in [6.45, 7) is 2.56. The van der Waals surface area contributed by atoms with Crippen LogP contribution in [-0.4, -0.2) is 22.4 Å². The van der Waals surface area contributed by atoms with E-state index >= 15 is 0 Å². The number of ether oxygens (including phenoxy) is 1. The van der Waals surface area contributed by atoms with Crippen LogP contribution in [0.1, 0.15) is 45.4 Å². The van der Waals surface area contributed by atoms with Crippen molar-refractivity contribution < 1.29 is 14.6 Å². The van der Waals surface area contributed by atoms with Gasteiger partial charge in [0.05, 0.1) is 12.0 Å². The van der Waals surface area contributed by atoms with Crippen LogP contribution in [0, 0.1) is 3.95 Å². The second kappa shape index (κ2) is 8.26. The van der Waals surface area contributed by atoms with Crippen LogP contribution in [0.15, 0.2) is 5.38 Å². The molecule has 1 N–H and O–H groups in total. The number of thiazole rings is 1. The average molecular weight is 289 g/mol. The monoisotopic (exact) mass is 289 g/mol. The number of unbranched alkanes of at least 4 members (excludes halogenated alkanes) is 5. The predicted molar refractivity (Wildman–Crippen MR) is 74.9 cm³/mol. The second-order valence-corrected chi connectivity index (χ2v) is 5.58. The SMILES string of the molecule is CCCCCCCCOC(=O)n1c(O)csc1=S. The molecule has 0 unspecified atom stereocenters. The lowest BCUT2D eigenvalue weighted by Crippen LogP contribution is -2.13.